The van der Waals surface area contributed by atoms with Crippen LogP contribution in [-0.4, -0.2) is 20.4 Å². The van der Waals surface area contributed by atoms with Crippen molar-refractivity contribution in [3.8, 4) is 0 Å². The van der Waals surface area contributed by atoms with Crippen LogP contribution in [0, 0.1) is 0 Å². The van der Waals surface area contributed by atoms with Crippen LogP contribution < -0.4 is 4.90 Å². The van der Waals surface area contributed by atoms with Crippen molar-refractivity contribution in [1.29, 1.82) is 0 Å². The zero-order valence-corrected chi connectivity index (χ0v) is 13.2. The van der Waals surface area contributed by atoms with E-state index in [2.05, 4.69) is 41.3 Å². The summed E-state index contributed by atoms with van der Waals surface area (Å²) < 4.78 is 0. The Bertz CT molecular complexity index is 572. The van der Waals surface area contributed by atoms with Crippen molar-refractivity contribution >= 4 is 18.0 Å². The number of benzene rings is 1. The predicted octanol–water partition coefficient (Wildman–Crippen LogP) is 4.41. The number of carbonyl (C=O) groups excluding carboxylic acids is 1. The van der Waals surface area contributed by atoms with E-state index in [1.165, 1.54) is 11.3 Å². The minimum atomic E-state index is 0.717. The van der Waals surface area contributed by atoms with Crippen molar-refractivity contribution in [2.45, 2.75) is 13.8 Å². The second kappa shape index (κ2) is 8.75. The van der Waals surface area contributed by atoms with Crippen molar-refractivity contribution in [2.75, 3.05) is 19.0 Å². The van der Waals surface area contributed by atoms with E-state index in [9.17, 15) is 4.79 Å². The Morgan fingerprint density at radius 1 is 0.952 bits per heavy atom. The van der Waals surface area contributed by atoms with Gasteiger partial charge < -0.3 is 4.90 Å². The van der Waals surface area contributed by atoms with Crippen molar-refractivity contribution < 1.29 is 4.79 Å². The number of anilines is 1. The van der Waals surface area contributed by atoms with E-state index in [0.29, 0.717) is 5.57 Å². The first-order valence-corrected chi connectivity index (χ1v) is 6.95. The maximum Gasteiger partial charge on any atom is 0.145 e. The number of aldehydes is 1. The van der Waals surface area contributed by atoms with E-state index in [1.807, 2.05) is 39.2 Å². The molecular formula is C19H23NO. The van der Waals surface area contributed by atoms with Crippen molar-refractivity contribution in [1.82, 2.24) is 0 Å². The van der Waals surface area contributed by atoms with E-state index in [-0.39, 0.29) is 0 Å². The average molecular weight is 281 g/mol. The monoisotopic (exact) mass is 281 g/mol. The fourth-order valence-electron chi connectivity index (χ4n) is 1.62. The topological polar surface area (TPSA) is 20.3 Å². The molecule has 0 radical (unpaired) electrons. The van der Waals surface area contributed by atoms with Crippen LogP contribution >= 0.6 is 0 Å². The second-order valence-electron chi connectivity index (χ2n) is 5.14. The SMILES string of the molecule is CC(C=O)=CC=CC=C(C)C=Cc1ccc(N(C)C)cc1. The van der Waals surface area contributed by atoms with E-state index in [1.54, 1.807) is 13.0 Å². The molecule has 0 N–H and O–H groups in total. The number of hydrogen-bond acceptors (Lipinski definition) is 2. The molecule has 1 aromatic rings. The highest BCUT2D eigenvalue weighted by atomic mass is 16.1. The third-order valence-electron chi connectivity index (χ3n) is 2.96. The van der Waals surface area contributed by atoms with Crippen LogP contribution in [0.1, 0.15) is 19.4 Å². The summed E-state index contributed by atoms with van der Waals surface area (Å²) in [6.45, 7) is 3.83. The Morgan fingerprint density at radius 2 is 1.52 bits per heavy atom. The Balaban J connectivity index is 2.64. The van der Waals surface area contributed by atoms with Gasteiger partial charge in [-0.2, -0.15) is 0 Å². The van der Waals surface area contributed by atoms with Crippen molar-refractivity contribution in [2.24, 2.45) is 0 Å². The molecule has 21 heavy (non-hydrogen) atoms. The molecule has 0 aliphatic carbocycles. The number of nitrogens with zero attached hydrogens (tertiary/aromatic N) is 1. The summed E-state index contributed by atoms with van der Waals surface area (Å²) in [6, 6.07) is 8.41. The Labute approximate surface area is 127 Å². The summed E-state index contributed by atoms with van der Waals surface area (Å²) in [7, 11) is 4.07. The molecule has 2 nitrogen and oxygen atoms in total. The highest BCUT2D eigenvalue weighted by Gasteiger charge is 1.93. The molecule has 1 rings (SSSR count). The zero-order chi connectivity index (χ0) is 15.7. The molecule has 110 valence electrons. The molecule has 0 unspecified atom stereocenters. The van der Waals surface area contributed by atoms with Gasteiger partial charge in [-0.1, -0.05) is 54.2 Å². The van der Waals surface area contributed by atoms with Gasteiger partial charge in [0.2, 0.25) is 0 Å². The quantitative estimate of drug-likeness (QED) is 0.437. The van der Waals surface area contributed by atoms with E-state index >= 15 is 0 Å². The van der Waals surface area contributed by atoms with Crippen LogP contribution in [-0.2, 0) is 4.79 Å². The summed E-state index contributed by atoms with van der Waals surface area (Å²) in [5, 5.41) is 0. The number of carbonyl (C=O) groups is 1. The third-order valence-corrected chi connectivity index (χ3v) is 2.96. The van der Waals surface area contributed by atoms with Gasteiger partial charge in [0.1, 0.15) is 6.29 Å². The fraction of sp³-hybridized carbons (Fsp3) is 0.211. The maximum absolute atomic E-state index is 10.4. The molecule has 0 saturated heterocycles. The molecule has 0 bridgehead atoms. The Kier molecular flexibility index (Phi) is 6.96. The number of allylic oxidation sites excluding steroid dienone is 7. The predicted molar refractivity (Wildman–Crippen MR) is 92.5 cm³/mol. The molecule has 0 spiro atoms. The maximum atomic E-state index is 10.4. The summed E-state index contributed by atoms with van der Waals surface area (Å²) in [4.78, 5) is 12.5. The summed E-state index contributed by atoms with van der Waals surface area (Å²) in [5.41, 5.74) is 4.24. The molecule has 0 aliphatic heterocycles. The minimum absolute atomic E-state index is 0.717. The second-order valence-corrected chi connectivity index (χ2v) is 5.14. The van der Waals surface area contributed by atoms with Crippen molar-refractivity contribution in [3.63, 3.8) is 0 Å². The Morgan fingerprint density at radius 3 is 2.05 bits per heavy atom. The molecular weight excluding hydrogens is 258 g/mol. The van der Waals surface area contributed by atoms with Gasteiger partial charge in [0.15, 0.2) is 0 Å². The lowest BCUT2D eigenvalue weighted by atomic mass is 10.1. The van der Waals surface area contributed by atoms with Crippen LogP contribution in [0.2, 0.25) is 0 Å². The summed E-state index contributed by atoms with van der Waals surface area (Å²) in [6.07, 6.45) is 12.6. The molecule has 2 heteroatoms. The first kappa shape index (κ1) is 16.7. The third kappa shape index (κ3) is 6.57. The number of rotatable bonds is 6. The molecule has 0 aromatic heterocycles. The lowest BCUT2D eigenvalue weighted by Crippen LogP contribution is -2.07. The van der Waals surface area contributed by atoms with Crippen LogP contribution in [0.3, 0.4) is 0 Å². The van der Waals surface area contributed by atoms with Crippen LogP contribution in [0.5, 0.6) is 0 Å². The van der Waals surface area contributed by atoms with E-state index < -0.39 is 0 Å². The Hall–Kier alpha value is -2.35. The van der Waals surface area contributed by atoms with E-state index in [0.717, 1.165) is 11.9 Å². The lowest BCUT2D eigenvalue weighted by molar-refractivity contribution is -0.104. The molecule has 0 saturated carbocycles. The van der Waals surface area contributed by atoms with Gasteiger partial charge in [0.05, 0.1) is 0 Å². The first-order chi connectivity index (χ1) is 10.0. The summed E-state index contributed by atoms with van der Waals surface area (Å²) >= 11 is 0. The molecule has 0 amide bonds. The normalized spacial score (nSPS) is 13.1. The molecule has 0 atom stereocenters. The van der Waals surface area contributed by atoms with Gasteiger partial charge in [-0.05, 0) is 37.1 Å². The molecule has 0 heterocycles. The smallest absolute Gasteiger partial charge is 0.145 e. The first-order valence-electron chi connectivity index (χ1n) is 6.95. The molecule has 1 aromatic carbocycles. The lowest BCUT2D eigenvalue weighted by Gasteiger charge is -2.11. The highest BCUT2D eigenvalue weighted by molar-refractivity contribution is 5.72. The van der Waals surface area contributed by atoms with Crippen LogP contribution in [0.4, 0.5) is 5.69 Å². The van der Waals surface area contributed by atoms with Crippen molar-refractivity contribution in [3.05, 3.63) is 71.4 Å². The van der Waals surface area contributed by atoms with Gasteiger partial charge in [-0.25, -0.2) is 0 Å². The fourth-order valence-corrected chi connectivity index (χ4v) is 1.62. The standard InChI is InChI=1S/C19H23NO/c1-16(7-5-6-8-17(2)15-21)9-10-18-11-13-19(14-12-18)20(3)4/h5-15H,1-4H3. The van der Waals surface area contributed by atoms with E-state index in [4.69, 9.17) is 0 Å². The van der Waals surface area contributed by atoms with Gasteiger partial charge in [0, 0.05) is 19.8 Å². The number of hydrogen-bond donors (Lipinski definition) is 0. The summed E-state index contributed by atoms with van der Waals surface area (Å²) in [5.74, 6) is 0. The van der Waals surface area contributed by atoms with Gasteiger partial charge >= 0.3 is 0 Å². The highest BCUT2D eigenvalue weighted by Crippen LogP contribution is 2.13. The zero-order valence-electron chi connectivity index (χ0n) is 13.2. The molecule has 0 fully saturated rings. The van der Waals surface area contributed by atoms with Crippen LogP contribution in [0.25, 0.3) is 6.08 Å². The van der Waals surface area contributed by atoms with Gasteiger partial charge in [0.25, 0.3) is 0 Å². The average Bonchev–Trinajstić information content (AvgIpc) is 2.49. The van der Waals surface area contributed by atoms with Gasteiger partial charge in [-0.15, -0.1) is 0 Å². The van der Waals surface area contributed by atoms with Gasteiger partial charge in [-0.3, -0.25) is 4.79 Å². The van der Waals surface area contributed by atoms with Crippen LogP contribution in [0.15, 0.2) is 65.8 Å². The largest absolute Gasteiger partial charge is 0.378 e. The minimum Gasteiger partial charge on any atom is -0.378 e. The molecule has 0 aliphatic rings.